The van der Waals surface area contributed by atoms with Crippen LogP contribution in [0, 0.1) is 0 Å². The van der Waals surface area contributed by atoms with Gasteiger partial charge in [-0.1, -0.05) is 31.2 Å². The van der Waals surface area contributed by atoms with E-state index >= 15 is 0 Å². The highest BCUT2D eigenvalue weighted by Gasteiger charge is 2.45. The molecule has 0 saturated carbocycles. The Hall–Kier alpha value is -1.39. The summed E-state index contributed by atoms with van der Waals surface area (Å²) in [5, 5.41) is 13.4. The molecule has 1 amide bonds. The maximum absolute atomic E-state index is 11.9. The van der Waals surface area contributed by atoms with Gasteiger partial charge in [0.2, 0.25) is 5.91 Å². The molecule has 102 valence electrons. The summed E-state index contributed by atoms with van der Waals surface area (Å²) in [6.07, 6.45) is 2.44. The van der Waals surface area contributed by atoms with Crippen LogP contribution in [-0.4, -0.2) is 40.2 Å². The molecule has 2 atom stereocenters. The van der Waals surface area contributed by atoms with E-state index in [1.807, 2.05) is 0 Å². The fourth-order valence-corrected chi connectivity index (χ4v) is 3.21. The van der Waals surface area contributed by atoms with Crippen LogP contribution in [-0.2, 0) is 11.2 Å². The maximum Gasteiger partial charge on any atom is 0.238 e. The molecule has 0 spiro atoms. The lowest BCUT2D eigenvalue weighted by Gasteiger charge is -2.26. The van der Waals surface area contributed by atoms with Crippen molar-refractivity contribution in [1.82, 2.24) is 10.0 Å². The third kappa shape index (κ3) is 2.05. The van der Waals surface area contributed by atoms with Crippen molar-refractivity contribution >= 4 is 5.91 Å². The first-order valence-corrected chi connectivity index (χ1v) is 7.03. The quantitative estimate of drug-likeness (QED) is 0.896. The van der Waals surface area contributed by atoms with E-state index < -0.39 is 0 Å². The Morgan fingerprint density at radius 2 is 2.05 bits per heavy atom. The molecule has 2 heterocycles. The second-order valence-corrected chi connectivity index (χ2v) is 5.33. The molecular weight excluding hydrogens is 240 g/mol. The third-order valence-electron chi connectivity index (χ3n) is 4.27. The van der Waals surface area contributed by atoms with Crippen LogP contribution in [0.5, 0.6) is 0 Å². The predicted molar refractivity (Wildman–Crippen MR) is 72.2 cm³/mol. The first-order valence-electron chi connectivity index (χ1n) is 7.03. The van der Waals surface area contributed by atoms with E-state index in [1.165, 1.54) is 11.1 Å². The summed E-state index contributed by atoms with van der Waals surface area (Å²) in [4.78, 5) is 11.9. The lowest BCUT2D eigenvalue weighted by Crippen LogP contribution is -2.40. The number of carbonyl (C=O) groups excluding carboxylic acids is 1. The number of carbonyl (C=O) groups is 1. The van der Waals surface area contributed by atoms with Crippen molar-refractivity contribution in [3.05, 3.63) is 35.4 Å². The average Bonchev–Trinajstić information content (AvgIpc) is 3.00. The third-order valence-corrected chi connectivity index (χ3v) is 4.27. The van der Waals surface area contributed by atoms with E-state index in [1.54, 1.807) is 5.01 Å². The highest BCUT2D eigenvalue weighted by Crippen LogP contribution is 2.39. The van der Waals surface area contributed by atoms with Crippen molar-refractivity contribution in [2.45, 2.75) is 38.3 Å². The van der Waals surface area contributed by atoms with Crippen LogP contribution in [0.15, 0.2) is 24.3 Å². The van der Waals surface area contributed by atoms with Gasteiger partial charge in [0, 0.05) is 13.0 Å². The maximum atomic E-state index is 11.9. The van der Waals surface area contributed by atoms with Gasteiger partial charge in [0.15, 0.2) is 0 Å². The van der Waals surface area contributed by atoms with Gasteiger partial charge in [-0.05, 0) is 24.0 Å². The lowest BCUT2D eigenvalue weighted by molar-refractivity contribution is -0.139. The molecule has 0 unspecified atom stereocenters. The van der Waals surface area contributed by atoms with E-state index in [0.29, 0.717) is 6.42 Å². The predicted octanol–water partition coefficient (Wildman–Crippen LogP) is 1.50. The minimum Gasteiger partial charge on any atom is -0.394 e. The second kappa shape index (κ2) is 4.94. The van der Waals surface area contributed by atoms with Crippen molar-refractivity contribution in [3.8, 4) is 0 Å². The van der Waals surface area contributed by atoms with Crippen LogP contribution in [0.2, 0.25) is 0 Å². The van der Waals surface area contributed by atoms with E-state index in [2.05, 4.69) is 36.2 Å². The minimum atomic E-state index is -0.0501. The van der Waals surface area contributed by atoms with Crippen molar-refractivity contribution in [2.75, 3.05) is 13.2 Å². The average molecular weight is 260 g/mol. The molecule has 4 nitrogen and oxygen atoms in total. The Morgan fingerprint density at radius 1 is 1.32 bits per heavy atom. The van der Waals surface area contributed by atoms with E-state index in [0.717, 1.165) is 19.4 Å². The molecule has 0 radical (unpaired) electrons. The zero-order chi connectivity index (χ0) is 13.4. The van der Waals surface area contributed by atoms with E-state index in [-0.39, 0.29) is 24.6 Å². The summed E-state index contributed by atoms with van der Waals surface area (Å²) in [7, 11) is 0. The lowest BCUT2D eigenvalue weighted by atomic mass is 9.99. The smallest absolute Gasteiger partial charge is 0.238 e. The Labute approximate surface area is 113 Å². The SMILES string of the molecule is CCc1ccc([C@H]2C[C@H](CO)N3C(=O)CCN23)cc1. The molecule has 2 fully saturated rings. The Morgan fingerprint density at radius 3 is 2.68 bits per heavy atom. The number of fused-ring (bicyclic) bond motifs is 1. The van der Waals surface area contributed by atoms with Crippen molar-refractivity contribution in [2.24, 2.45) is 0 Å². The van der Waals surface area contributed by atoms with Gasteiger partial charge in [-0.25, -0.2) is 5.01 Å². The zero-order valence-corrected chi connectivity index (χ0v) is 11.2. The summed E-state index contributed by atoms with van der Waals surface area (Å²) >= 11 is 0. The summed E-state index contributed by atoms with van der Waals surface area (Å²) in [5.41, 5.74) is 2.57. The fraction of sp³-hybridized carbons (Fsp3) is 0.533. The highest BCUT2D eigenvalue weighted by molar-refractivity contribution is 5.78. The number of aliphatic hydroxyl groups excluding tert-OH is 1. The van der Waals surface area contributed by atoms with Crippen molar-refractivity contribution in [3.63, 3.8) is 0 Å². The van der Waals surface area contributed by atoms with Crippen LogP contribution < -0.4 is 0 Å². The zero-order valence-electron chi connectivity index (χ0n) is 11.2. The topological polar surface area (TPSA) is 43.8 Å². The normalized spacial score (nSPS) is 27.1. The van der Waals surface area contributed by atoms with Crippen molar-refractivity contribution < 1.29 is 9.90 Å². The second-order valence-electron chi connectivity index (χ2n) is 5.33. The molecule has 3 rings (SSSR count). The van der Waals surface area contributed by atoms with Crippen LogP contribution in [0.4, 0.5) is 0 Å². The molecule has 0 aromatic heterocycles. The van der Waals surface area contributed by atoms with Crippen LogP contribution in [0.3, 0.4) is 0 Å². The van der Waals surface area contributed by atoms with Gasteiger partial charge in [0.25, 0.3) is 0 Å². The summed E-state index contributed by atoms with van der Waals surface area (Å²) in [6.45, 7) is 2.97. The number of hydrogen-bond donors (Lipinski definition) is 1. The molecule has 1 aromatic carbocycles. The fourth-order valence-electron chi connectivity index (χ4n) is 3.21. The van der Waals surface area contributed by atoms with Gasteiger partial charge < -0.3 is 5.11 Å². The van der Waals surface area contributed by atoms with Crippen LogP contribution in [0.25, 0.3) is 0 Å². The standard InChI is InChI=1S/C15H20N2O2/c1-2-11-3-5-12(6-4-11)14-9-13(10-18)17-15(19)7-8-16(14)17/h3-6,13-14,18H,2,7-10H2,1H3/t13-,14-/m1/s1. The molecule has 1 aromatic rings. The number of aliphatic hydroxyl groups is 1. The van der Waals surface area contributed by atoms with Crippen LogP contribution in [0.1, 0.15) is 36.9 Å². The largest absolute Gasteiger partial charge is 0.394 e. The number of aryl methyl sites for hydroxylation is 1. The first-order chi connectivity index (χ1) is 9.24. The highest BCUT2D eigenvalue weighted by atomic mass is 16.3. The molecule has 2 aliphatic rings. The number of benzene rings is 1. The van der Waals surface area contributed by atoms with Gasteiger partial charge in [-0.2, -0.15) is 0 Å². The van der Waals surface area contributed by atoms with E-state index in [9.17, 15) is 9.90 Å². The Balaban J connectivity index is 1.86. The number of amides is 1. The van der Waals surface area contributed by atoms with Gasteiger partial charge >= 0.3 is 0 Å². The van der Waals surface area contributed by atoms with Gasteiger partial charge in [-0.3, -0.25) is 9.80 Å². The molecule has 0 aliphatic carbocycles. The van der Waals surface area contributed by atoms with Gasteiger partial charge in [0.1, 0.15) is 0 Å². The molecule has 19 heavy (non-hydrogen) atoms. The molecule has 1 N–H and O–H groups in total. The summed E-state index contributed by atoms with van der Waals surface area (Å²) < 4.78 is 0. The Bertz CT molecular complexity index is 472. The monoisotopic (exact) mass is 260 g/mol. The molecular formula is C15H20N2O2. The summed E-state index contributed by atoms with van der Waals surface area (Å²) in [6, 6.07) is 8.81. The molecule has 0 bridgehead atoms. The number of hydrazine groups is 1. The number of rotatable bonds is 3. The molecule has 2 saturated heterocycles. The van der Waals surface area contributed by atoms with E-state index in [4.69, 9.17) is 0 Å². The number of hydrogen-bond acceptors (Lipinski definition) is 3. The molecule has 2 aliphatic heterocycles. The summed E-state index contributed by atoms with van der Waals surface area (Å²) in [5.74, 6) is 0.145. The van der Waals surface area contributed by atoms with Gasteiger partial charge in [-0.15, -0.1) is 0 Å². The number of nitrogens with zero attached hydrogens (tertiary/aromatic N) is 2. The Kier molecular flexibility index (Phi) is 3.29. The van der Waals surface area contributed by atoms with Crippen molar-refractivity contribution in [1.29, 1.82) is 0 Å². The first kappa shape index (κ1) is 12.6. The minimum absolute atomic E-state index is 0.0474. The molecule has 4 heteroatoms. The van der Waals surface area contributed by atoms with Gasteiger partial charge in [0.05, 0.1) is 18.7 Å². The van der Waals surface area contributed by atoms with Crippen LogP contribution >= 0.6 is 0 Å².